The summed E-state index contributed by atoms with van der Waals surface area (Å²) in [6, 6.07) is 5.75. The van der Waals surface area contributed by atoms with Gasteiger partial charge in [0, 0.05) is 12.7 Å². The number of benzene rings is 1. The van der Waals surface area contributed by atoms with E-state index in [1.165, 1.54) is 0 Å². The smallest absolute Gasteiger partial charge is 0.209 e. The van der Waals surface area contributed by atoms with E-state index in [0.29, 0.717) is 5.96 Å². The number of ether oxygens (including phenoxy) is 1. The van der Waals surface area contributed by atoms with E-state index in [1.54, 1.807) is 14.2 Å². The fourth-order valence-electron chi connectivity index (χ4n) is 1.25. The third-order valence-corrected chi connectivity index (χ3v) is 2.02. The van der Waals surface area contributed by atoms with Gasteiger partial charge in [0.2, 0.25) is 5.96 Å². The van der Waals surface area contributed by atoms with Crippen LogP contribution in [0.2, 0.25) is 0 Å². The number of hydrazine groups is 1. The molecule has 0 aromatic heterocycles. The molecule has 0 aliphatic heterocycles. The van der Waals surface area contributed by atoms with E-state index in [-0.39, 0.29) is 0 Å². The Kier molecular flexibility index (Phi) is 3.93. The fourth-order valence-corrected chi connectivity index (χ4v) is 1.25. The summed E-state index contributed by atoms with van der Waals surface area (Å²) in [7, 11) is 3.30. The average Bonchev–Trinajstić information content (AvgIpc) is 2.26. The Morgan fingerprint density at radius 1 is 1.47 bits per heavy atom. The minimum absolute atomic E-state index is 0.513. The number of anilines is 1. The van der Waals surface area contributed by atoms with Crippen LogP contribution in [0.15, 0.2) is 23.2 Å². The van der Waals surface area contributed by atoms with Crippen molar-refractivity contribution in [2.24, 2.45) is 10.8 Å². The van der Waals surface area contributed by atoms with Gasteiger partial charge in [-0.1, -0.05) is 0 Å². The molecule has 4 N–H and O–H groups in total. The molecule has 0 bridgehead atoms. The van der Waals surface area contributed by atoms with Crippen LogP contribution in [0.5, 0.6) is 5.75 Å². The molecular formula is C10H16N4O. The molecule has 0 saturated carbocycles. The third-order valence-electron chi connectivity index (χ3n) is 2.02. The van der Waals surface area contributed by atoms with E-state index in [4.69, 9.17) is 10.6 Å². The van der Waals surface area contributed by atoms with E-state index in [9.17, 15) is 0 Å². The van der Waals surface area contributed by atoms with Crippen LogP contribution >= 0.6 is 0 Å². The molecule has 1 aromatic rings. The monoisotopic (exact) mass is 208 g/mol. The number of nitrogens with two attached hydrogens (primary N) is 1. The standard InChI is InChI=1S/C10H16N4O/c1-7-6-8(4-5-9(7)15-3)13-10(12-2)14-11/h4-6H,11H2,1-3H3,(H2,12,13,14). The van der Waals surface area contributed by atoms with Gasteiger partial charge in [-0.15, -0.1) is 0 Å². The first-order chi connectivity index (χ1) is 7.21. The molecule has 0 aliphatic rings. The SMILES string of the molecule is CN=C(NN)Nc1ccc(OC)c(C)c1. The maximum atomic E-state index is 5.26. The van der Waals surface area contributed by atoms with Crippen LogP contribution in [-0.2, 0) is 0 Å². The highest BCUT2D eigenvalue weighted by Gasteiger charge is 2.01. The number of nitrogens with zero attached hydrogens (tertiary/aromatic N) is 1. The second kappa shape index (κ2) is 5.21. The first-order valence-corrected chi connectivity index (χ1v) is 4.56. The van der Waals surface area contributed by atoms with Crippen molar-refractivity contribution in [1.29, 1.82) is 0 Å². The molecule has 0 fully saturated rings. The molecular weight excluding hydrogens is 192 g/mol. The summed E-state index contributed by atoms with van der Waals surface area (Å²) in [6.07, 6.45) is 0. The van der Waals surface area contributed by atoms with E-state index >= 15 is 0 Å². The Labute approximate surface area is 89.3 Å². The van der Waals surface area contributed by atoms with Gasteiger partial charge >= 0.3 is 0 Å². The van der Waals surface area contributed by atoms with Crippen molar-refractivity contribution in [2.75, 3.05) is 19.5 Å². The zero-order chi connectivity index (χ0) is 11.3. The Bertz CT molecular complexity index is 362. The van der Waals surface area contributed by atoms with Crippen LogP contribution in [0.3, 0.4) is 0 Å². The molecule has 0 atom stereocenters. The number of aliphatic imine (C=N–C) groups is 1. The molecule has 15 heavy (non-hydrogen) atoms. The number of aryl methyl sites for hydroxylation is 1. The van der Waals surface area contributed by atoms with Crippen LogP contribution in [0.4, 0.5) is 5.69 Å². The topological polar surface area (TPSA) is 71.7 Å². The highest BCUT2D eigenvalue weighted by atomic mass is 16.5. The maximum absolute atomic E-state index is 5.26. The summed E-state index contributed by atoms with van der Waals surface area (Å²) in [4.78, 5) is 3.91. The van der Waals surface area contributed by atoms with Crippen molar-refractivity contribution in [3.63, 3.8) is 0 Å². The summed E-state index contributed by atoms with van der Waals surface area (Å²) in [6.45, 7) is 1.97. The fraction of sp³-hybridized carbons (Fsp3) is 0.300. The van der Waals surface area contributed by atoms with Gasteiger partial charge in [-0.2, -0.15) is 0 Å². The summed E-state index contributed by atoms with van der Waals surface area (Å²) in [5.74, 6) is 6.63. The molecule has 0 unspecified atom stereocenters. The Hall–Kier alpha value is -1.75. The summed E-state index contributed by atoms with van der Waals surface area (Å²) in [5, 5.41) is 3.03. The first kappa shape index (κ1) is 11.3. The van der Waals surface area contributed by atoms with Crippen molar-refractivity contribution >= 4 is 11.6 Å². The molecule has 5 nitrogen and oxygen atoms in total. The van der Waals surface area contributed by atoms with Gasteiger partial charge in [0.25, 0.3) is 0 Å². The van der Waals surface area contributed by atoms with Crippen molar-refractivity contribution in [3.8, 4) is 5.75 Å². The van der Waals surface area contributed by atoms with Crippen LogP contribution in [0.1, 0.15) is 5.56 Å². The molecule has 1 rings (SSSR count). The lowest BCUT2D eigenvalue weighted by atomic mass is 10.2. The van der Waals surface area contributed by atoms with E-state index in [0.717, 1.165) is 17.0 Å². The molecule has 0 amide bonds. The molecule has 5 heteroatoms. The summed E-state index contributed by atoms with van der Waals surface area (Å²) < 4.78 is 5.16. The molecule has 0 heterocycles. The molecule has 1 aromatic carbocycles. The highest BCUT2D eigenvalue weighted by Crippen LogP contribution is 2.21. The van der Waals surface area contributed by atoms with Crippen LogP contribution < -0.4 is 21.3 Å². The van der Waals surface area contributed by atoms with Crippen LogP contribution in [0, 0.1) is 6.92 Å². The number of methoxy groups -OCH3 is 1. The second-order valence-electron chi connectivity index (χ2n) is 3.03. The van der Waals surface area contributed by atoms with Gasteiger partial charge in [0.15, 0.2) is 0 Å². The largest absolute Gasteiger partial charge is 0.496 e. The van der Waals surface area contributed by atoms with Gasteiger partial charge in [-0.05, 0) is 30.7 Å². The molecule has 0 aliphatic carbocycles. The normalized spacial score (nSPS) is 11.1. The van der Waals surface area contributed by atoms with Crippen molar-refractivity contribution in [3.05, 3.63) is 23.8 Å². The summed E-state index contributed by atoms with van der Waals surface area (Å²) in [5.41, 5.74) is 4.42. The Balaban J connectivity index is 2.84. The molecule has 0 saturated heterocycles. The van der Waals surface area contributed by atoms with Gasteiger partial charge in [0.05, 0.1) is 7.11 Å². The zero-order valence-corrected chi connectivity index (χ0v) is 9.16. The predicted octanol–water partition coefficient (Wildman–Crippen LogP) is 0.865. The molecule has 0 radical (unpaired) electrons. The van der Waals surface area contributed by atoms with E-state index < -0.39 is 0 Å². The third kappa shape index (κ3) is 2.85. The second-order valence-corrected chi connectivity index (χ2v) is 3.03. The lowest BCUT2D eigenvalue weighted by Gasteiger charge is -2.10. The van der Waals surface area contributed by atoms with Gasteiger partial charge in [-0.25, -0.2) is 5.84 Å². The Morgan fingerprint density at radius 2 is 2.20 bits per heavy atom. The van der Waals surface area contributed by atoms with Crippen molar-refractivity contribution in [1.82, 2.24) is 5.43 Å². The van der Waals surface area contributed by atoms with Crippen LogP contribution in [-0.4, -0.2) is 20.1 Å². The quantitative estimate of drug-likeness (QED) is 0.292. The van der Waals surface area contributed by atoms with Gasteiger partial charge in [-0.3, -0.25) is 10.4 Å². The first-order valence-electron chi connectivity index (χ1n) is 4.56. The van der Waals surface area contributed by atoms with Crippen LogP contribution in [0.25, 0.3) is 0 Å². The van der Waals surface area contributed by atoms with Crippen molar-refractivity contribution in [2.45, 2.75) is 6.92 Å². The minimum Gasteiger partial charge on any atom is -0.496 e. The number of nitrogens with one attached hydrogen (secondary N) is 2. The Morgan fingerprint density at radius 3 is 2.67 bits per heavy atom. The molecule has 0 spiro atoms. The van der Waals surface area contributed by atoms with Gasteiger partial charge < -0.3 is 10.1 Å². The highest BCUT2D eigenvalue weighted by molar-refractivity contribution is 5.93. The lowest BCUT2D eigenvalue weighted by Crippen LogP contribution is -2.36. The molecule has 82 valence electrons. The van der Waals surface area contributed by atoms with E-state index in [1.807, 2.05) is 25.1 Å². The number of hydrogen-bond acceptors (Lipinski definition) is 3. The maximum Gasteiger partial charge on any atom is 0.209 e. The average molecular weight is 208 g/mol. The number of rotatable bonds is 2. The minimum atomic E-state index is 0.513. The number of hydrogen-bond donors (Lipinski definition) is 3. The van der Waals surface area contributed by atoms with E-state index in [2.05, 4.69) is 15.7 Å². The zero-order valence-electron chi connectivity index (χ0n) is 9.16. The number of guanidine groups is 1. The lowest BCUT2D eigenvalue weighted by molar-refractivity contribution is 0.412. The predicted molar refractivity (Wildman–Crippen MR) is 62.0 cm³/mol. The van der Waals surface area contributed by atoms with Crippen molar-refractivity contribution < 1.29 is 4.74 Å². The van der Waals surface area contributed by atoms with Gasteiger partial charge in [0.1, 0.15) is 5.75 Å². The summed E-state index contributed by atoms with van der Waals surface area (Å²) >= 11 is 0.